The average Bonchev–Trinajstić information content (AvgIpc) is 2.70. The van der Waals surface area contributed by atoms with Crippen molar-refractivity contribution in [1.29, 1.82) is 0 Å². The molecule has 3 unspecified atom stereocenters. The molecule has 3 atom stereocenters. The van der Waals surface area contributed by atoms with Crippen molar-refractivity contribution in [3.05, 3.63) is 35.9 Å². The van der Waals surface area contributed by atoms with E-state index < -0.39 is 0 Å². The van der Waals surface area contributed by atoms with Gasteiger partial charge in [-0.25, -0.2) is 0 Å². The summed E-state index contributed by atoms with van der Waals surface area (Å²) in [4.78, 5) is 26.6. The Morgan fingerprint density at radius 1 is 1.29 bits per heavy atom. The number of hydrogen-bond acceptors (Lipinski definition) is 3. The van der Waals surface area contributed by atoms with Gasteiger partial charge in [-0.1, -0.05) is 30.3 Å². The summed E-state index contributed by atoms with van der Waals surface area (Å²) in [6, 6.07) is 10.5. The Morgan fingerprint density at radius 3 is 2.62 bits per heavy atom. The lowest BCUT2D eigenvalue weighted by atomic mass is 9.66. The van der Waals surface area contributed by atoms with Crippen LogP contribution in [0.5, 0.6) is 0 Å². The molecule has 0 bridgehead atoms. The number of nitrogens with one attached hydrogen (secondary N) is 1. The van der Waals surface area contributed by atoms with Crippen LogP contribution in [0.3, 0.4) is 0 Å². The molecule has 1 N–H and O–H groups in total. The Bertz CT molecular complexity index is 545. The minimum atomic E-state index is -0.205. The van der Waals surface area contributed by atoms with E-state index in [2.05, 4.69) is 36.3 Å². The van der Waals surface area contributed by atoms with E-state index in [9.17, 15) is 9.59 Å². The van der Waals surface area contributed by atoms with Gasteiger partial charge in [0.25, 0.3) is 0 Å². The Kier molecular flexibility index (Phi) is 3.57. The van der Waals surface area contributed by atoms with Crippen molar-refractivity contribution in [3.8, 4) is 0 Å². The van der Waals surface area contributed by atoms with E-state index in [4.69, 9.17) is 0 Å². The van der Waals surface area contributed by atoms with Crippen molar-refractivity contribution in [3.63, 3.8) is 0 Å². The Labute approximate surface area is 125 Å². The fraction of sp³-hybridized carbons (Fsp3) is 0.529. The maximum atomic E-state index is 12.4. The average molecular weight is 286 g/mol. The number of hydrogen-bond donors (Lipinski definition) is 1. The van der Waals surface area contributed by atoms with Gasteiger partial charge in [0.05, 0.1) is 0 Å². The molecule has 0 radical (unpaired) electrons. The van der Waals surface area contributed by atoms with E-state index in [0.717, 1.165) is 18.5 Å². The van der Waals surface area contributed by atoms with Gasteiger partial charge in [0.1, 0.15) is 0 Å². The zero-order valence-electron chi connectivity index (χ0n) is 12.6. The molecular weight excluding hydrogens is 264 g/mol. The van der Waals surface area contributed by atoms with Gasteiger partial charge in [-0.2, -0.15) is 0 Å². The zero-order chi connectivity index (χ0) is 15.0. The predicted octanol–water partition coefficient (Wildman–Crippen LogP) is 1.60. The minimum Gasteiger partial charge on any atom is -0.303 e. The highest BCUT2D eigenvalue weighted by Gasteiger charge is 2.52. The molecule has 112 valence electrons. The number of imide groups is 1. The maximum Gasteiger partial charge on any atom is 0.230 e. The second-order valence-corrected chi connectivity index (χ2v) is 6.66. The molecule has 2 aliphatic rings. The van der Waals surface area contributed by atoms with Crippen molar-refractivity contribution >= 4 is 11.8 Å². The van der Waals surface area contributed by atoms with Gasteiger partial charge in [0.15, 0.2) is 0 Å². The van der Waals surface area contributed by atoms with Crippen LogP contribution in [0.4, 0.5) is 0 Å². The lowest BCUT2D eigenvalue weighted by molar-refractivity contribution is -0.143. The molecule has 1 aromatic carbocycles. The van der Waals surface area contributed by atoms with Crippen LogP contribution in [0.1, 0.15) is 25.3 Å². The second kappa shape index (κ2) is 5.26. The number of likely N-dealkylation sites (tertiary alicyclic amines) is 1. The summed E-state index contributed by atoms with van der Waals surface area (Å²) < 4.78 is 0. The minimum absolute atomic E-state index is 0.0994. The van der Waals surface area contributed by atoms with Crippen LogP contribution in [0.2, 0.25) is 0 Å². The van der Waals surface area contributed by atoms with Crippen LogP contribution in [0.15, 0.2) is 30.3 Å². The van der Waals surface area contributed by atoms with Gasteiger partial charge in [-0.05, 0) is 32.4 Å². The predicted molar refractivity (Wildman–Crippen MR) is 80.5 cm³/mol. The smallest absolute Gasteiger partial charge is 0.230 e. The van der Waals surface area contributed by atoms with E-state index in [0.29, 0.717) is 18.9 Å². The fourth-order valence-corrected chi connectivity index (χ4v) is 3.99. The first kappa shape index (κ1) is 14.3. The van der Waals surface area contributed by atoms with Crippen molar-refractivity contribution in [1.82, 2.24) is 10.2 Å². The number of benzene rings is 1. The molecule has 1 aromatic rings. The van der Waals surface area contributed by atoms with E-state index in [-0.39, 0.29) is 23.1 Å². The van der Waals surface area contributed by atoms with E-state index in [1.54, 1.807) is 0 Å². The van der Waals surface area contributed by atoms with E-state index >= 15 is 0 Å². The van der Waals surface area contributed by atoms with Crippen LogP contribution in [0.25, 0.3) is 0 Å². The van der Waals surface area contributed by atoms with Gasteiger partial charge < -0.3 is 4.90 Å². The Hall–Kier alpha value is -1.68. The monoisotopic (exact) mass is 286 g/mol. The number of carbonyl (C=O) groups excluding carboxylic acids is 2. The third-order valence-electron chi connectivity index (χ3n) is 5.13. The van der Waals surface area contributed by atoms with Crippen molar-refractivity contribution in [2.75, 3.05) is 13.6 Å². The molecule has 2 fully saturated rings. The molecule has 2 saturated heterocycles. The molecule has 3 rings (SSSR count). The van der Waals surface area contributed by atoms with Crippen molar-refractivity contribution in [2.24, 2.45) is 11.3 Å². The Morgan fingerprint density at radius 2 is 2.00 bits per heavy atom. The highest BCUT2D eigenvalue weighted by Crippen LogP contribution is 2.46. The fourth-order valence-electron chi connectivity index (χ4n) is 3.99. The number of rotatable bonds is 2. The summed E-state index contributed by atoms with van der Waals surface area (Å²) in [7, 11) is 2.08. The first-order chi connectivity index (χ1) is 10.00. The molecule has 2 aliphatic heterocycles. The molecule has 0 aliphatic carbocycles. The quantitative estimate of drug-likeness (QED) is 0.840. The summed E-state index contributed by atoms with van der Waals surface area (Å²) in [5.41, 5.74) is 0.956. The third kappa shape index (κ3) is 2.60. The molecule has 2 heterocycles. The standard InChI is InChI=1S/C17H22N2O2/c1-12-9-17(11-19(12)2)10-15(20)18-16(21)14(17)8-13-6-4-3-5-7-13/h3-7,12,14H,8-11H2,1-2H3,(H,18,20,21). The highest BCUT2D eigenvalue weighted by molar-refractivity contribution is 6.00. The van der Waals surface area contributed by atoms with Gasteiger partial charge in [0.2, 0.25) is 11.8 Å². The lowest BCUT2D eigenvalue weighted by Gasteiger charge is -2.39. The number of piperidine rings is 1. The lowest BCUT2D eigenvalue weighted by Crippen LogP contribution is -2.53. The third-order valence-corrected chi connectivity index (χ3v) is 5.13. The second-order valence-electron chi connectivity index (χ2n) is 6.66. The largest absolute Gasteiger partial charge is 0.303 e. The molecule has 21 heavy (non-hydrogen) atoms. The van der Waals surface area contributed by atoms with E-state index in [1.165, 1.54) is 0 Å². The van der Waals surface area contributed by atoms with Crippen LogP contribution < -0.4 is 5.32 Å². The summed E-state index contributed by atoms with van der Waals surface area (Å²) >= 11 is 0. The van der Waals surface area contributed by atoms with Gasteiger partial charge >= 0.3 is 0 Å². The molecule has 4 heteroatoms. The molecule has 1 spiro atoms. The van der Waals surface area contributed by atoms with Crippen LogP contribution in [-0.4, -0.2) is 36.3 Å². The summed E-state index contributed by atoms with van der Waals surface area (Å²) in [5, 5.41) is 2.53. The van der Waals surface area contributed by atoms with Gasteiger partial charge in [-0.3, -0.25) is 14.9 Å². The van der Waals surface area contributed by atoms with E-state index in [1.807, 2.05) is 18.2 Å². The Balaban J connectivity index is 1.91. The topological polar surface area (TPSA) is 49.4 Å². The summed E-state index contributed by atoms with van der Waals surface area (Å²) in [6.07, 6.45) is 2.09. The maximum absolute atomic E-state index is 12.4. The zero-order valence-corrected chi connectivity index (χ0v) is 12.6. The SMILES string of the molecule is CC1CC2(CC(=O)NC(=O)C2Cc2ccccc2)CN1C. The van der Waals surface area contributed by atoms with Crippen molar-refractivity contribution < 1.29 is 9.59 Å². The first-order valence-corrected chi connectivity index (χ1v) is 7.58. The summed E-state index contributed by atoms with van der Waals surface area (Å²) in [6.45, 7) is 3.00. The first-order valence-electron chi connectivity index (χ1n) is 7.58. The van der Waals surface area contributed by atoms with Crippen LogP contribution >= 0.6 is 0 Å². The summed E-state index contributed by atoms with van der Waals surface area (Å²) in [5.74, 6) is -0.339. The van der Waals surface area contributed by atoms with Gasteiger partial charge in [0, 0.05) is 30.3 Å². The number of nitrogens with zero attached hydrogens (tertiary/aromatic N) is 1. The molecule has 0 saturated carbocycles. The molecule has 2 amide bonds. The molecule has 4 nitrogen and oxygen atoms in total. The van der Waals surface area contributed by atoms with Crippen LogP contribution in [0, 0.1) is 11.3 Å². The number of amides is 2. The molecule has 0 aromatic heterocycles. The molecular formula is C17H22N2O2. The van der Waals surface area contributed by atoms with Crippen molar-refractivity contribution in [2.45, 2.75) is 32.2 Å². The van der Waals surface area contributed by atoms with Crippen LogP contribution in [-0.2, 0) is 16.0 Å². The normalized spacial score (nSPS) is 33.4. The van der Waals surface area contributed by atoms with Gasteiger partial charge in [-0.15, -0.1) is 0 Å². The highest BCUT2D eigenvalue weighted by atomic mass is 16.2. The number of carbonyl (C=O) groups is 2.